The van der Waals surface area contributed by atoms with Gasteiger partial charge in [0.25, 0.3) is 11.6 Å². The Labute approximate surface area is 194 Å². The average Bonchev–Trinajstić information content (AvgIpc) is 3.25. The molecule has 1 saturated heterocycles. The Morgan fingerprint density at radius 2 is 1.79 bits per heavy atom. The second-order valence-electron chi connectivity index (χ2n) is 7.73. The number of esters is 1. The number of nitro benzene ring substituents is 1. The van der Waals surface area contributed by atoms with E-state index in [4.69, 9.17) is 4.74 Å². The second kappa shape index (κ2) is 10.4. The number of rotatable bonds is 8. The van der Waals surface area contributed by atoms with Gasteiger partial charge in [0.15, 0.2) is 6.61 Å². The third-order valence-electron chi connectivity index (χ3n) is 5.52. The van der Waals surface area contributed by atoms with Crippen molar-refractivity contribution < 1.29 is 19.2 Å². The molecule has 9 nitrogen and oxygen atoms in total. The molecule has 3 aromatic rings. The lowest BCUT2D eigenvalue weighted by molar-refractivity contribution is -0.384. The Balaban J connectivity index is 1.15. The summed E-state index contributed by atoms with van der Waals surface area (Å²) in [5.41, 5.74) is 1.90. The van der Waals surface area contributed by atoms with Crippen molar-refractivity contribution in [2.24, 2.45) is 0 Å². The molecule has 172 valence electrons. The van der Waals surface area contributed by atoms with Gasteiger partial charge in [-0.25, -0.2) is 4.98 Å². The summed E-state index contributed by atoms with van der Waals surface area (Å²) in [6.07, 6.45) is 1.57. The van der Waals surface area contributed by atoms with Crippen LogP contribution in [-0.2, 0) is 20.7 Å². The predicted octanol–water partition coefficient (Wildman–Crippen LogP) is 3.42. The maximum atomic E-state index is 12.4. The number of aryl methyl sites for hydroxylation is 1. The monoisotopic (exact) mass is 468 g/mol. The molecule has 0 bridgehead atoms. The number of para-hydroxylation sites is 1. The summed E-state index contributed by atoms with van der Waals surface area (Å²) in [5, 5.41) is 11.8. The van der Waals surface area contributed by atoms with Crippen LogP contribution >= 0.6 is 11.3 Å². The van der Waals surface area contributed by atoms with Crippen LogP contribution in [0.25, 0.3) is 10.2 Å². The van der Waals surface area contributed by atoms with Crippen molar-refractivity contribution in [3.8, 4) is 0 Å². The van der Waals surface area contributed by atoms with Crippen LogP contribution in [-0.4, -0.2) is 59.5 Å². The highest BCUT2D eigenvalue weighted by molar-refractivity contribution is 7.18. The molecule has 0 unspecified atom stereocenters. The number of carbonyl (C=O) groups is 2. The molecule has 1 aliphatic heterocycles. The predicted molar refractivity (Wildman–Crippen MR) is 125 cm³/mol. The zero-order valence-electron chi connectivity index (χ0n) is 18.0. The summed E-state index contributed by atoms with van der Waals surface area (Å²) in [6.45, 7) is 1.98. The van der Waals surface area contributed by atoms with E-state index in [2.05, 4.69) is 9.88 Å². The van der Waals surface area contributed by atoms with E-state index >= 15 is 0 Å². The van der Waals surface area contributed by atoms with E-state index < -0.39 is 4.92 Å². The molecule has 0 atom stereocenters. The summed E-state index contributed by atoms with van der Waals surface area (Å²) < 4.78 is 6.31. The first-order chi connectivity index (χ1) is 16.0. The highest BCUT2D eigenvalue weighted by Gasteiger charge is 2.22. The van der Waals surface area contributed by atoms with E-state index in [-0.39, 0.29) is 30.6 Å². The van der Waals surface area contributed by atoms with Crippen molar-refractivity contribution in [3.63, 3.8) is 0 Å². The van der Waals surface area contributed by atoms with Gasteiger partial charge in [-0.3, -0.25) is 19.7 Å². The molecule has 0 aliphatic carbocycles. The van der Waals surface area contributed by atoms with E-state index in [1.807, 2.05) is 24.3 Å². The van der Waals surface area contributed by atoms with Gasteiger partial charge in [-0.15, -0.1) is 11.3 Å². The fourth-order valence-corrected chi connectivity index (χ4v) is 4.72. The van der Waals surface area contributed by atoms with Crippen LogP contribution in [0.1, 0.15) is 17.8 Å². The Morgan fingerprint density at radius 1 is 1.06 bits per heavy atom. The molecular formula is C23H24N4O5S. The van der Waals surface area contributed by atoms with Gasteiger partial charge in [0.2, 0.25) is 0 Å². The number of thiazole rings is 1. The molecule has 33 heavy (non-hydrogen) atoms. The molecule has 4 rings (SSSR count). The zero-order valence-corrected chi connectivity index (χ0v) is 18.8. The molecule has 1 amide bonds. The van der Waals surface area contributed by atoms with Crippen LogP contribution in [0.15, 0.2) is 48.5 Å². The van der Waals surface area contributed by atoms with Crippen molar-refractivity contribution in [3.05, 3.63) is 63.7 Å². The average molecular weight is 469 g/mol. The van der Waals surface area contributed by atoms with Gasteiger partial charge in [0.1, 0.15) is 0 Å². The molecule has 10 heteroatoms. The number of non-ortho nitro benzene ring substituents is 1. The van der Waals surface area contributed by atoms with Gasteiger partial charge in [-0.2, -0.15) is 0 Å². The third-order valence-corrected chi connectivity index (χ3v) is 6.62. The molecule has 2 aromatic carbocycles. The first-order valence-corrected chi connectivity index (χ1v) is 11.6. The van der Waals surface area contributed by atoms with E-state index in [0.29, 0.717) is 39.0 Å². The van der Waals surface area contributed by atoms with E-state index in [0.717, 1.165) is 20.9 Å². The van der Waals surface area contributed by atoms with Crippen LogP contribution in [0, 0.1) is 10.1 Å². The number of fused-ring (bicyclic) bond motifs is 1. The molecule has 0 saturated carbocycles. The number of piperazine rings is 1. The quantitative estimate of drug-likeness (QED) is 0.283. The largest absolute Gasteiger partial charge is 0.456 e. The van der Waals surface area contributed by atoms with Gasteiger partial charge < -0.3 is 14.5 Å². The van der Waals surface area contributed by atoms with Crippen molar-refractivity contribution >= 4 is 44.8 Å². The van der Waals surface area contributed by atoms with Crippen LogP contribution < -0.4 is 4.90 Å². The van der Waals surface area contributed by atoms with E-state index in [1.54, 1.807) is 28.4 Å². The molecular weight excluding hydrogens is 444 g/mol. The fraction of sp³-hybridized carbons (Fsp3) is 0.348. The van der Waals surface area contributed by atoms with E-state index in [9.17, 15) is 19.7 Å². The summed E-state index contributed by atoms with van der Waals surface area (Å²) >= 11 is 1.63. The summed E-state index contributed by atoms with van der Waals surface area (Å²) in [4.78, 5) is 43.1. The normalized spacial score (nSPS) is 13.8. The van der Waals surface area contributed by atoms with Gasteiger partial charge in [0, 0.05) is 50.4 Å². The maximum absolute atomic E-state index is 12.4. The van der Waals surface area contributed by atoms with Crippen LogP contribution in [0.5, 0.6) is 0 Å². The Bertz CT molecular complexity index is 1110. The number of benzene rings is 2. The molecule has 0 spiro atoms. The Kier molecular flexibility index (Phi) is 7.13. The number of amides is 1. The summed E-state index contributed by atoms with van der Waals surface area (Å²) in [7, 11) is 0. The lowest BCUT2D eigenvalue weighted by Gasteiger charge is -2.36. The number of hydrogen-bond donors (Lipinski definition) is 0. The first kappa shape index (κ1) is 22.7. The van der Waals surface area contributed by atoms with Crippen molar-refractivity contribution in [1.82, 2.24) is 9.88 Å². The second-order valence-corrected chi connectivity index (χ2v) is 8.85. The molecule has 0 radical (unpaired) electrons. The maximum Gasteiger partial charge on any atom is 0.306 e. The minimum absolute atomic E-state index is 0.0504. The van der Waals surface area contributed by atoms with Crippen molar-refractivity contribution in [2.75, 3.05) is 37.7 Å². The first-order valence-electron chi connectivity index (χ1n) is 10.8. The number of carbonyl (C=O) groups excluding carboxylic acids is 2. The van der Waals surface area contributed by atoms with Gasteiger partial charge in [-0.05, 0) is 37.1 Å². The number of hydrogen-bond acceptors (Lipinski definition) is 8. The lowest BCUT2D eigenvalue weighted by atomic mass is 10.2. The number of aromatic nitrogens is 1. The lowest BCUT2D eigenvalue weighted by Crippen LogP contribution is -2.49. The van der Waals surface area contributed by atoms with Gasteiger partial charge >= 0.3 is 5.97 Å². The Hall–Kier alpha value is -3.53. The molecule has 1 aromatic heterocycles. The van der Waals surface area contributed by atoms with E-state index in [1.165, 1.54) is 12.1 Å². The molecule has 1 aliphatic rings. The molecule has 2 heterocycles. The minimum atomic E-state index is -0.428. The third kappa shape index (κ3) is 5.83. The van der Waals surface area contributed by atoms with Crippen molar-refractivity contribution in [1.29, 1.82) is 0 Å². The smallest absolute Gasteiger partial charge is 0.306 e. The van der Waals surface area contributed by atoms with Gasteiger partial charge in [0.05, 0.1) is 20.1 Å². The van der Waals surface area contributed by atoms with Crippen molar-refractivity contribution in [2.45, 2.75) is 19.3 Å². The highest BCUT2D eigenvalue weighted by Crippen LogP contribution is 2.23. The number of nitrogens with zero attached hydrogens (tertiary/aromatic N) is 4. The zero-order chi connectivity index (χ0) is 23.2. The standard InChI is InChI=1S/C23H24N4O5S/c28-22(26-14-12-25(13-15-26)17-8-10-18(11-9-17)27(30)31)16-32-23(29)7-3-6-21-24-19-4-1-2-5-20(19)33-21/h1-2,4-5,8-11H,3,6-7,12-16H2. The van der Waals surface area contributed by atoms with Gasteiger partial charge in [-0.1, -0.05) is 12.1 Å². The number of nitro groups is 1. The number of ether oxygens (including phenoxy) is 1. The topological polar surface area (TPSA) is 106 Å². The van der Waals surface area contributed by atoms with Crippen LogP contribution in [0.3, 0.4) is 0 Å². The minimum Gasteiger partial charge on any atom is -0.456 e. The number of anilines is 1. The summed E-state index contributed by atoms with van der Waals surface area (Å²) in [5.74, 6) is -0.591. The summed E-state index contributed by atoms with van der Waals surface area (Å²) in [6, 6.07) is 14.3. The highest BCUT2D eigenvalue weighted by atomic mass is 32.1. The fourth-order valence-electron chi connectivity index (χ4n) is 3.72. The molecule has 0 N–H and O–H groups in total. The SMILES string of the molecule is O=C(CCCc1nc2ccccc2s1)OCC(=O)N1CCN(c2ccc([N+](=O)[O-])cc2)CC1. The Morgan fingerprint density at radius 3 is 2.48 bits per heavy atom. The molecule has 1 fully saturated rings. The van der Waals surface area contributed by atoms with Crippen LogP contribution in [0.2, 0.25) is 0 Å². The van der Waals surface area contributed by atoms with Crippen LogP contribution in [0.4, 0.5) is 11.4 Å².